The molecule has 0 radical (unpaired) electrons. The summed E-state index contributed by atoms with van der Waals surface area (Å²) in [6, 6.07) is 11.1. The summed E-state index contributed by atoms with van der Waals surface area (Å²) in [5.74, 6) is 0.105. The molecule has 0 saturated heterocycles. The van der Waals surface area contributed by atoms with Gasteiger partial charge in [0.25, 0.3) is 5.91 Å². The molecule has 88 valence electrons. The number of nitrogens with one attached hydrogen (secondary N) is 1. The lowest BCUT2D eigenvalue weighted by Crippen LogP contribution is -2.22. The van der Waals surface area contributed by atoms with Gasteiger partial charge < -0.3 is 15.5 Å². The van der Waals surface area contributed by atoms with Crippen molar-refractivity contribution in [2.75, 3.05) is 0 Å². The smallest absolute Gasteiger partial charge is 0.287 e. The van der Waals surface area contributed by atoms with E-state index in [1.165, 1.54) is 6.26 Å². The number of carbonyl (C=O) groups excluding carboxylic acids is 1. The summed E-state index contributed by atoms with van der Waals surface area (Å²) in [4.78, 5) is 11.6. The molecular formula is C13H14N2O2. The van der Waals surface area contributed by atoms with E-state index in [-0.39, 0.29) is 5.91 Å². The van der Waals surface area contributed by atoms with Gasteiger partial charge in [-0.15, -0.1) is 0 Å². The second-order valence-electron chi connectivity index (χ2n) is 3.68. The molecule has 4 heteroatoms. The molecule has 2 rings (SSSR count). The average molecular weight is 230 g/mol. The monoisotopic (exact) mass is 230 g/mol. The maximum Gasteiger partial charge on any atom is 0.287 e. The van der Waals surface area contributed by atoms with Gasteiger partial charge in [-0.05, 0) is 23.3 Å². The quantitative estimate of drug-likeness (QED) is 0.839. The van der Waals surface area contributed by atoms with E-state index < -0.39 is 0 Å². The van der Waals surface area contributed by atoms with Gasteiger partial charge in [0.2, 0.25) is 0 Å². The molecule has 0 fully saturated rings. The fourth-order valence-electron chi connectivity index (χ4n) is 1.54. The van der Waals surface area contributed by atoms with Crippen LogP contribution in [0.4, 0.5) is 0 Å². The topological polar surface area (TPSA) is 68.3 Å². The van der Waals surface area contributed by atoms with Gasteiger partial charge in [0.05, 0.1) is 6.26 Å². The summed E-state index contributed by atoms with van der Waals surface area (Å²) < 4.78 is 5.00. The number of rotatable bonds is 4. The van der Waals surface area contributed by atoms with Crippen LogP contribution in [0.2, 0.25) is 0 Å². The van der Waals surface area contributed by atoms with E-state index in [4.69, 9.17) is 10.2 Å². The largest absolute Gasteiger partial charge is 0.459 e. The van der Waals surface area contributed by atoms with Crippen molar-refractivity contribution in [1.82, 2.24) is 5.32 Å². The Labute approximate surface area is 99.4 Å². The van der Waals surface area contributed by atoms with Gasteiger partial charge >= 0.3 is 0 Å². The molecule has 0 saturated carbocycles. The first kappa shape index (κ1) is 11.4. The highest BCUT2D eigenvalue weighted by atomic mass is 16.3. The highest BCUT2D eigenvalue weighted by Crippen LogP contribution is 2.05. The van der Waals surface area contributed by atoms with Crippen LogP contribution in [-0.2, 0) is 13.1 Å². The van der Waals surface area contributed by atoms with Gasteiger partial charge in [-0.2, -0.15) is 0 Å². The molecule has 1 aromatic heterocycles. The van der Waals surface area contributed by atoms with Gasteiger partial charge in [-0.1, -0.05) is 24.3 Å². The molecule has 4 nitrogen and oxygen atoms in total. The Balaban J connectivity index is 1.95. The maximum absolute atomic E-state index is 11.6. The Morgan fingerprint density at radius 1 is 1.24 bits per heavy atom. The number of furan rings is 1. The first-order chi connectivity index (χ1) is 8.29. The van der Waals surface area contributed by atoms with Crippen LogP contribution in [0.15, 0.2) is 47.1 Å². The zero-order valence-corrected chi connectivity index (χ0v) is 9.35. The number of hydrogen-bond acceptors (Lipinski definition) is 3. The summed E-state index contributed by atoms with van der Waals surface area (Å²) in [7, 11) is 0. The Morgan fingerprint density at radius 3 is 2.76 bits per heavy atom. The summed E-state index contributed by atoms with van der Waals surface area (Å²) in [6.45, 7) is 0.966. The van der Waals surface area contributed by atoms with Crippen LogP contribution in [0.3, 0.4) is 0 Å². The predicted molar refractivity (Wildman–Crippen MR) is 64.2 cm³/mol. The predicted octanol–water partition coefficient (Wildman–Crippen LogP) is 1.67. The number of benzene rings is 1. The first-order valence-corrected chi connectivity index (χ1v) is 5.39. The van der Waals surface area contributed by atoms with E-state index in [9.17, 15) is 4.79 Å². The zero-order chi connectivity index (χ0) is 12.1. The minimum Gasteiger partial charge on any atom is -0.459 e. The third kappa shape index (κ3) is 2.95. The lowest BCUT2D eigenvalue weighted by atomic mass is 10.1. The second kappa shape index (κ2) is 5.32. The lowest BCUT2D eigenvalue weighted by molar-refractivity contribution is 0.0923. The van der Waals surface area contributed by atoms with Crippen molar-refractivity contribution in [3.63, 3.8) is 0 Å². The van der Waals surface area contributed by atoms with E-state index in [0.717, 1.165) is 11.1 Å². The van der Waals surface area contributed by atoms with Crippen molar-refractivity contribution in [2.45, 2.75) is 13.1 Å². The number of carbonyl (C=O) groups is 1. The molecule has 1 aromatic carbocycles. The fourth-order valence-corrected chi connectivity index (χ4v) is 1.54. The average Bonchev–Trinajstić information content (AvgIpc) is 2.90. The van der Waals surface area contributed by atoms with Crippen molar-refractivity contribution in [2.24, 2.45) is 5.73 Å². The van der Waals surface area contributed by atoms with Crippen LogP contribution in [0, 0.1) is 0 Å². The highest BCUT2D eigenvalue weighted by Gasteiger charge is 2.07. The first-order valence-electron chi connectivity index (χ1n) is 5.39. The van der Waals surface area contributed by atoms with Gasteiger partial charge in [0, 0.05) is 13.1 Å². The van der Waals surface area contributed by atoms with Gasteiger partial charge in [-0.3, -0.25) is 4.79 Å². The molecule has 1 amide bonds. The summed E-state index contributed by atoms with van der Waals surface area (Å²) in [5.41, 5.74) is 7.62. The molecule has 0 spiro atoms. The molecular weight excluding hydrogens is 216 g/mol. The van der Waals surface area contributed by atoms with Crippen LogP contribution >= 0.6 is 0 Å². The van der Waals surface area contributed by atoms with E-state index in [2.05, 4.69) is 5.32 Å². The number of hydrogen-bond donors (Lipinski definition) is 2. The molecule has 3 N–H and O–H groups in total. The molecule has 0 bridgehead atoms. The molecule has 17 heavy (non-hydrogen) atoms. The normalized spacial score (nSPS) is 10.2. The SMILES string of the molecule is NCc1cccc(CNC(=O)c2ccco2)c1. The Morgan fingerprint density at radius 2 is 2.06 bits per heavy atom. The molecule has 1 heterocycles. The van der Waals surface area contributed by atoms with Gasteiger partial charge in [-0.25, -0.2) is 0 Å². The number of amides is 1. The van der Waals surface area contributed by atoms with Crippen LogP contribution in [0.5, 0.6) is 0 Å². The van der Waals surface area contributed by atoms with Crippen molar-refractivity contribution < 1.29 is 9.21 Å². The third-order valence-corrected chi connectivity index (χ3v) is 2.43. The molecule has 0 atom stereocenters. The highest BCUT2D eigenvalue weighted by molar-refractivity contribution is 5.91. The zero-order valence-electron chi connectivity index (χ0n) is 9.35. The van der Waals surface area contributed by atoms with Gasteiger partial charge in [0.1, 0.15) is 0 Å². The maximum atomic E-state index is 11.6. The third-order valence-electron chi connectivity index (χ3n) is 2.43. The minimum absolute atomic E-state index is 0.215. The summed E-state index contributed by atoms with van der Waals surface area (Å²) in [5, 5.41) is 2.78. The van der Waals surface area contributed by atoms with Crippen LogP contribution in [0.25, 0.3) is 0 Å². The fraction of sp³-hybridized carbons (Fsp3) is 0.154. The molecule has 2 aromatic rings. The Bertz CT molecular complexity index is 492. The lowest BCUT2D eigenvalue weighted by Gasteiger charge is -2.05. The molecule has 0 aliphatic rings. The molecule has 0 aliphatic heterocycles. The van der Waals surface area contributed by atoms with Crippen molar-refractivity contribution in [3.05, 3.63) is 59.5 Å². The second-order valence-corrected chi connectivity index (χ2v) is 3.68. The molecule has 0 aliphatic carbocycles. The van der Waals surface area contributed by atoms with Gasteiger partial charge in [0.15, 0.2) is 5.76 Å². The minimum atomic E-state index is -0.215. The van der Waals surface area contributed by atoms with Crippen LogP contribution in [0.1, 0.15) is 21.7 Å². The summed E-state index contributed by atoms with van der Waals surface area (Å²) in [6.07, 6.45) is 1.48. The van der Waals surface area contributed by atoms with Crippen molar-refractivity contribution in [1.29, 1.82) is 0 Å². The van der Waals surface area contributed by atoms with Crippen LogP contribution < -0.4 is 11.1 Å². The van der Waals surface area contributed by atoms with E-state index in [1.807, 2.05) is 24.3 Å². The summed E-state index contributed by atoms with van der Waals surface area (Å²) >= 11 is 0. The standard InChI is InChI=1S/C13H14N2O2/c14-8-10-3-1-4-11(7-10)9-15-13(16)12-5-2-6-17-12/h1-7H,8-9,14H2,(H,15,16). The van der Waals surface area contributed by atoms with E-state index in [0.29, 0.717) is 18.8 Å². The Kier molecular flexibility index (Phi) is 3.57. The number of nitrogens with two attached hydrogens (primary N) is 1. The van der Waals surface area contributed by atoms with Crippen molar-refractivity contribution >= 4 is 5.91 Å². The van der Waals surface area contributed by atoms with E-state index in [1.54, 1.807) is 12.1 Å². The van der Waals surface area contributed by atoms with Crippen LogP contribution in [-0.4, -0.2) is 5.91 Å². The van der Waals surface area contributed by atoms with Crippen molar-refractivity contribution in [3.8, 4) is 0 Å². The molecule has 0 unspecified atom stereocenters. The van der Waals surface area contributed by atoms with E-state index >= 15 is 0 Å². The Hall–Kier alpha value is -2.07.